The second kappa shape index (κ2) is 42.6. The van der Waals surface area contributed by atoms with E-state index in [9.17, 15) is 14.4 Å². The van der Waals surface area contributed by atoms with E-state index in [0.29, 0.717) is 19.3 Å². The molecule has 0 amide bonds. The Balaban J connectivity index is 4.33. The van der Waals surface area contributed by atoms with Crippen molar-refractivity contribution in [3.8, 4) is 0 Å². The molecule has 0 spiro atoms. The molecular weight excluding hydrogens is 661 g/mol. The molecular formula is C47H86O6. The van der Waals surface area contributed by atoms with Gasteiger partial charge in [0.2, 0.25) is 0 Å². The number of allylic oxidation sites excluding steroid dienone is 4. The van der Waals surface area contributed by atoms with Crippen LogP contribution in [0.25, 0.3) is 0 Å². The molecule has 1 unspecified atom stereocenters. The Morgan fingerprint density at radius 2 is 0.679 bits per heavy atom. The number of unbranched alkanes of at least 4 members (excludes halogenated alkanes) is 26. The largest absolute Gasteiger partial charge is 0.462 e. The Morgan fingerprint density at radius 1 is 0.377 bits per heavy atom. The third-order valence-corrected chi connectivity index (χ3v) is 9.96. The van der Waals surface area contributed by atoms with E-state index in [4.69, 9.17) is 14.2 Å². The van der Waals surface area contributed by atoms with Crippen LogP contribution in [0, 0.1) is 0 Å². The molecule has 0 aliphatic carbocycles. The molecule has 0 saturated heterocycles. The van der Waals surface area contributed by atoms with Crippen molar-refractivity contribution in [2.45, 2.75) is 245 Å². The number of hydrogen-bond donors (Lipinski definition) is 0. The van der Waals surface area contributed by atoms with E-state index in [0.717, 1.165) is 77.0 Å². The first kappa shape index (κ1) is 50.9. The molecule has 0 fully saturated rings. The molecule has 0 aliphatic heterocycles. The van der Waals surface area contributed by atoms with Gasteiger partial charge in [-0.2, -0.15) is 0 Å². The van der Waals surface area contributed by atoms with Gasteiger partial charge >= 0.3 is 17.9 Å². The summed E-state index contributed by atoms with van der Waals surface area (Å²) < 4.78 is 16.7. The topological polar surface area (TPSA) is 78.9 Å². The van der Waals surface area contributed by atoms with Crippen molar-refractivity contribution in [2.75, 3.05) is 13.2 Å². The van der Waals surface area contributed by atoms with Crippen molar-refractivity contribution < 1.29 is 28.6 Å². The second-order valence-electron chi connectivity index (χ2n) is 15.3. The molecule has 0 radical (unpaired) electrons. The van der Waals surface area contributed by atoms with Crippen LogP contribution < -0.4 is 0 Å². The lowest BCUT2D eigenvalue weighted by molar-refractivity contribution is -0.167. The van der Waals surface area contributed by atoms with E-state index < -0.39 is 6.10 Å². The number of ether oxygens (including phenoxy) is 3. The lowest BCUT2D eigenvalue weighted by Gasteiger charge is -2.18. The Kier molecular flexibility index (Phi) is 40.9. The van der Waals surface area contributed by atoms with Gasteiger partial charge in [0.25, 0.3) is 0 Å². The van der Waals surface area contributed by atoms with E-state index in [1.54, 1.807) is 0 Å². The number of carbonyl (C=O) groups excluding carboxylic acids is 3. The van der Waals surface area contributed by atoms with E-state index >= 15 is 0 Å². The SMILES string of the molecule is CCCCC/C=C\C/C=C\CCCCCCCC(=O)OCC(COC(=O)CCCCCCCCCC)OC(=O)CCCCCCCCCCCCCC. The highest BCUT2D eigenvalue weighted by Gasteiger charge is 2.19. The first-order chi connectivity index (χ1) is 26.0. The van der Waals surface area contributed by atoms with Crippen LogP contribution in [0.15, 0.2) is 24.3 Å². The Morgan fingerprint density at radius 3 is 1.08 bits per heavy atom. The fourth-order valence-electron chi connectivity index (χ4n) is 6.47. The van der Waals surface area contributed by atoms with E-state index in [-0.39, 0.29) is 31.1 Å². The summed E-state index contributed by atoms with van der Waals surface area (Å²) in [7, 11) is 0. The summed E-state index contributed by atoms with van der Waals surface area (Å²) in [4.78, 5) is 37.6. The second-order valence-corrected chi connectivity index (χ2v) is 15.3. The van der Waals surface area contributed by atoms with Crippen molar-refractivity contribution in [2.24, 2.45) is 0 Å². The van der Waals surface area contributed by atoms with Gasteiger partial charge in [0.1, 0.15) is 13.2 Å². The molecule has 0 aromatic rings. The van der Waals surface area contributed by atoms with Gasteiger partial charge in [0.15, 0.2) is 6.10 Å². The summed E-state index contributed by atoms with van der Waals surface area (Å²) in [6.07, 6.45) is 45.9. The third-order valence-electron chi connectivity index (χ3n) is 9.96. The first-order valence-electron chi connectivity index (χ1n) is 22.8. The standard InChI is InChI=1S/C47H86O6/c1-4-7-10-13-16-19-21-23-24-25-27-28-31-34-37-40-46(49)52-43-44(42-51-45(48)39-36-33-30-18-15-12-9-6-3)53-47(50)41-38-35-32-29-26-22-20-17-14-11-8-5-2/h16,19,23-24,44H,4-15,17-18,20-22,25-43H2,1-3H3/b19-16-,24-23-. The van der Waals surface area contributed by atoms with Crippen molar-refractivity contribution in [3.63, 3.8) is 0 Å². The zero-order valence-electron chi connectivity index (χ0n) is 35.3. The van der Waals surface area contributed by atoms with Crippen LogP contribution >= 0.6 is 0 Å². The van der Waals surface area contributed by atoms with Crippen LogP contribution in [0.3, 0.4) is 0 Å². The molecule has 0 heterocycles. The Hall–Kier alpha value is -2.11. The zero-order valence-corrected chi connectivity index (χ0v) is 35.3. The number of hydrogen-bond acceptors (Lipinski definition) is 6. The van der Waals surface area contributed by atoms with E-state index in [2.05, 4.69) is 45.1 Å². The molecule has 6 heteroatoms. The minimum absolute atomic E-state index is 0.0724. The number of carbonyl (C=O) groups is 3. The first-order valence-corrected chi connectivity index (χ1v) is 22.8. The molecule has 0 aromatic carbocycles. The van der Waals surface area contributed by atoms with E-state index in [1.807, 2.05) is 0 Å². The summed E-state index contributed by atoms with van der Waals surface area (Å²) in [5.41, 5.74) is 0. The lowest BCUT2D eigenvalue weighted by atomic mass is 10.0. The maximum absolute atomic E-state index is 12.7. The molecule has 0 bridgehead atoms. The highest BCUT2D eigenvalue weighted by atomic mass is 16.6. The average Bonchev–Trinajstić information content (AvgIpc) is 3.15. The van der Waals surface area contributed by atoms with Crippen molar-refractivity contribution in [1.82, 2.24) is 0 Å². The molecule has 0 saturated carbocycles. The molecule has 0 N–H and O–H groups in total. The van der Waals surface area contributed by atoms with E-state index in [1.165, 1.54) is 122 Å². The predicted molar refractivity (Wildman–Crippen MR) is 224 cm³/mol. The Bertz CT molecular complexity index is 865. The van der Waals surface area contributed by atoms with Crippen LogP contribution in [-0.2, 0) is 28.6 Å². The van der Waals surface area contributed by atoms with Gasteiger partial charge < -0.3 is 14.2 Å². The minimum Gasteiger partial charge on any atom is -0.462 e. The summed E-state index contributed by atoms with van der Waals surface area (Å²) in [6, 6.07) is 0. The average molecular weight is 747 g/mol. The summed E-state index contributed by atoms with van der Waals surface area (Å²) in [5.74, 6) is -0.886. The maximum atomic E-state index is 12.7. The van der Waals surface area contributed by atoms with Crippen molar-refractivity contribution in [1.29, 1.82) is 0 Å². The van der Waals surface area contributed by atoms with Crippen LogP contribution in [0.1, 0.15) is 239 Å². The zero-order chi connectivity index (χ0) is 38.7. The molecule has 310 valence electrons. The molecule has 53 heavy (non-hydrogen) atoms. The smallest absolute Gasteiger partial charge is 0.306 e. The normalized spacial score (nSPS) is 12.1. The van der Waals surface area contributed by atoms with Gasteiger partial charge in [-0.15, -0.1) is 0 Å². The van der Waals surface area contributed by atoms with Gasteiger partial charge in [-0.05, 0) is 51.4 Å². The van der Waals surface area contributed by atoms with Crippen LogP contribution in [0.5, 0.6) is 0 Å². The molecule has 1 atom stereocenters. The van der Waals surface area contributed by atoms with Crippen LogP contribution in [0.2, 0.25) is 0 Å². The van der Waals surface area contributed by atoms with Crippen LogP contribution in [0.4, 0.5) is 0 Å². The monoisotopic (exact) mass is 747 g/mol. The molecule has 0 aliphatic rings. The van der Waals surface area contributed by atoms with Crippen molar-refractivity contribution in [3.05, 3.63) is 24.3 Å². The highest BCUT2D eigenvalue weighted by molar-refractivity contribution is 5.71. The quantitative estimate of drug-likeness (QED) is 0.0268. The van der Waals surface area contributed by atoms with Gasteiger partial charge in [0.05, 0.1) is 0 Å². The lowest BCUT2D eigenvalue weighted by Crippen LogP contribution is -2.30. The van der Waals surface area contributed by atoms with Gasteiger partial charge in [-0.25, -0.2) is 0 Å². The highest BCUT2D eigenvalue weighted by Crippen LogP contribution is 2.15. The molecule has 0 rings (SSSR count). The van der Waals surface area contributed by atoms with Crippen LogP contribution in [-0.4, -0.2) is 37.2 Å². The maximum Gasteiger partial charge on any atom is 0.306 e. The summed E-state index contributed by atoms with van der Waals surface area (Å²) in [6.45, 7) is 6.57. The third kappa shape index (κ3) is 40.9. The summed E-state index contributed by atoms with van der Waals surface area (Å²) in [5, 5.41) is 0. The number of rotatable bonds is 41. The summed E-state index contributed by atoms with van der Waals surface area (Å²) >= 11 is 0. The number of esters is 3. The Labute approximate surface area is 328 Å². The van der Waals surface area contributed by atoms with Gasteiger partial charge in [-0.3, -0.25) is 14.4 Å². The molecule has 0 aromatic heterocycles. The minimum atomic E-state index is -0.768. The fourth-order valence-corrected chi connectivity index (χ4v) is 6.47. The van der Waals surface area contributed by atoms with Gasteiger partial charge in [-0.1, -0.05) is 193 Å². The van der Waals surface area contributed by atoms with Crippen molar-refractivity contribution >= 4 is 17.9 Å². The predicted octanol–water partition coefficient (Wildman–Crippen LogP) is 14.4. The van der Waals surface area contributed by atoms with Gasteiger partial charge in [0, 0.05) is 19.3 Å². The fraction of sp³-hybridized carbons (Fsp3) is 0.851. The molecule has 6 nitrogen and oxygen atoms in total.